The van der Waals surface area contributed by atoms with Crippen molar-refractivity contribution in [1.82, 2.24) is 9.29 Å². The smallest absolute Gasteiger partial charge is 0.365 e. The minimum Gasteiger partial charge on any atom is -0.375 e. The van der Waals surface area contributed by atoms with Gasteiger partial charge in [0.2, 0.25) is 0 Å². The molecule has 1 unspecified atom stereocenters. The Morgan fingerprint density at radius 3 is 2.59 bits per heavy atom. The minimum atomic E-state index is 0.554. The van der Waals surface area contributed by atoms with Crippen molar-refractivity contribution in [3.8, 4) is 0 Å². The van der Waals surface area contributed by atoms with Gasteiger partial charge in [0.15, 0.2) is 0 Å². The number of rotatable bonds is 0. The van der Waals surface area contributed by atoms with Crippen LogP contribution in [0.2, 0.25) is 0 Å². The molecule has 88 valence electrons. The fourth-order valence-corrected chi connectivity index (χ4v) is 3.49. The van der Waals surface area contributed by atoms with Gasteiger partial charge in [-0.05, 0) is 50.6 Å². The van der Waals surface area contributed by atoms with E-state index in [9.17, 15) is 0 Å². The molecule has 1 atom stereocenters. The Labute approximate surface area is 104 Å². The van der Waals surface area contributed by atoms with E-state index in [1.54, 1.807) is 0 Å². The average Bonchev–Trinajstić information content (AvgIpc) is 2.68. The molecule has 0 N–H and O–H groups in total. The van der Waals surface area contributed by atoms with Crippen molar-refractivity contribution in [2.45, 2.75) is 34.6 Å². The number of allylic oxidation sites excluding steroid dienone is 3. The molecule has 0 aromatic carbocycles. The zero-order valence-electron chi connectivity index (χ0n) is 11.3. The first-order valence-electron chi connectivity index (χ1n) is 6.34. The fraction of sp³-hybridized carbons (Fsp3) is 0.429. The minimum absolute atomic E-state index is 0.554. The van der Waals surface area contributed by atoms with Crippen LogP contribution in [0.4, 0.5) is 0 Å². The first-order chi connectivity index (χ1) is 8.00. The maximum absolute atomic E-state index is 2.46. The quantitative estimate of drug-likeness (QED) is 0.617. The molecule has 3 rings (SSSR count). The van der Waals surface area contributed by atoms with Crippen molar-refractivity contribution in [3.05, 3.63) is 40.5 Å². The molecule has 1 aromatic heterocycles. The van der Waals surface area contributed by atoms with Crippen LogP contribution in [0.25, 0.3) is 5.57 Å². The van der Waals surface area contributed by atoms with Gasteiger partial charge < -0.3 is 9.29 Å². The third kappa shape index (κ3) is 1.28. The Morgan fingerprint density at radius 2 is 1.88 bits per heavy atom. The summed E-state index contributed by atoms with van der Waals surface area (Å²) in [6.07, 6.45) is 2.37. The third-order valence-corrected chi connectivity index (χ3v) is 4.16. The van der Waals surface area contributed by atoms with Crippen molar-refractivity contribution >= 4 is 13.1 Å². The molecule has 2 aliphatic rings. The van der Waals surface area contributed by atoms with E-state index >= 15 is 0 Å². The second-order valence-electron chi connectivity index (χ2n) is 5.42. The van der Waals surface area contributed by atoms with E-state index in [4.69, 9.17) is 0 Å². The zero-order valence-corrected chi connectivity index (χ0v) is 11.3. The van der Waals surface area contributed by atoms with Gasteiger partial charge in [-0.25, -0.2) is 0 Å². The van der Waals surface area contributed by atoms with Crippen molar-refractivity contribution < 1.29 is 0 Å². The molecule has 2 nitrogen and oxygen atoms in total. The largest absolute Gasteiger partial charge is 0.375 e. The van der Waals surface area contributed by atoms with Gasteiger partial charge in [-0.2, -0.15) is 0 Å². The Kier molecular flexibility index (Phi) is 2.10. The highest BCUT2D eigenvalue weighted by Gasteiger charge is 2.32. The van der Waals surface area contributed by atoms with Gasteiger partial charge >= 0.3 is 7.55 Å². The molecule has 0 bridgehead atoms. The molecule has 1 aromatic rings. The number of fused-ring (bicyclic) bond motifs is 2. The lowest BCUT2D eigenvalue weighted by Crippen LogP contribution is -2.35. The molecule has 0 saturated heterocycles. The van der Waals surface area contributed by atoms with Crippen LogP contribution in [0, 0.1) is 19.8 Å². The fourth-order valence-electron chi connectivity index (χ4n) is 3.49. The second-order valence-corrected chi connectivity index (χ2v) is 5.42. The molecular weight excluding hydrogens is 207 g/mol. The van der Waals surface area contributed by atoms with Gasteiger partial charge in [-0.15, -0.1) is 0 Å². The maximum Gasteiger partial charge on any atom is 0.365 e. The normalized spacial score (nSPS) is 22.3. The molecule has 0 saturated carbocycles. The topological polar surface area (TPSA) is 8.17 Å². The van der Waals surface area contributed by atoms with Crippen LogP contribution >= 0.6 is 0 Å². The number of aromatic nitrogens is 1. The van der Waals surface area contributed by atoms with Gasteiger partial charge in [0.25, 0.3) is 0 Å². The van der Waals surface area contributed by atoms with Crippen molar-refractivity contribution in [2.24, 2.45) is 5.92 Å². The number of hydrogen-bond acceptors (Lipinski definition) is 1. The molecule has 0 radical (unpaired) electrons. The summed E-state index contributed by atoms with van der Waals surface area (Å²) in [4.78, 5) is 2.46. The number of aryl methyl sites for hydroxylation is 2. The lowest BCUT2D eigenvalue weighted by molar-refractivity contribution is 0.624. The van der Waals surface area contributed by atoms with E-state index in [0.29, 0.717) is 5.92 Å². The molecule has 3 heterocycles. The van der Waals surface area contributed by atoms with E-state index < -0.39 is 0 Å². The van der Waals surface area contributed by atoms with Crippen molar-refractivity contribution in [1.29, 1.82) is 0 Å². The maximum atomic E-state index is 2.46. The van der Waals surface area contributed by atoms with Gasteiger partial charge in [0.05, 0.1) is 0 Å². The summed E-state index contributed by atoms with van der Waals surface area (Å²) in [6, 6.07) is 2.30. The van der Waals surface area contributed by atoms with Gasteiger partial charge in [0, 0.05) is 23.0 Å². The monoisotopic (exact) mass is 226 g/mol. The van der Waals surface area contributed by atoms with Crippen molar-refractivity contribution in [3.63, 3.8) is 0 Å². The van der Waals surface area contributed by atoms with Crippen molar-refractivity contribution in [2.75, 3.05) is 0 Å². The van der Waals surface area contributed by atoms with E-state index in [0.717, 1.165) is 7.55 Å². The van der Waals surface area contributed by atoms with Crippen LogP contribution in [0.15, 0.2) is 23.5 Å². The molecule has 0 spiro atoms. The number of hydrogen-bond donors (Lipinski definition) is 0. The van der Waals surface area contributed by atoms with Crippen LogP contribution in [-0.4, -0.2) is 16.8 Å². The Morgan fingerprint density at radius 1 is 1.18 bits per heavy atom. The lowest BCUT2D eigenvalue weighted by atomic mass is 9.92. The summed E-state index contributed by atoms with van der Waals surface area (Å²) in [6.45, 7) is 11.2. The first kappa shape index (κ1) is 10.8. The van der Waals surface area contributed by atoms with Gasteiger partial charge in [-0.1, -0.05) is 13.0 Å². The molecular formula is C14H19BN2. The van der Waals surface area contributed by atoms with Crippen LogP contribution in [0.5, 0.6) is 0 Å². The van der Waals surface area contributed by atoms with E-state index in [2.05, 4.69) is 56.1 Å². The first-order valence-corrected chi connectivity index (χ1v) is 6.34. The highest BCUT2D eigenvalue weighted by Crippen LogP contribution is 2.39. The standard InChI is InChI=1S/C14H19BN2/c1-8-6-10(3)16-13(8)12(5)14-9(2)7-11(4)17(14)15-16/h6-8,15H,1-5H3. The SMILES string of the molecule is CC1=CC(C)C2=C(C)c3c(C)cc(C)n3BN12. The van der Waals surface area contributed by atoms with Crippen LogP contribution < -0.4 is 0 Å². The van der Waals surface area contributed by atoms with Crippen LogP contribution in [0.1, 0.15) is 37.7 Å². The predicted octanol–water partition coefficient (Wildman–Crippen LogP) is 2.82. The Bertz CT molecular complexity index is 563. The zero-order chi connectivity index (χ0) is 12.3. The van der Waals surface area contributed by atoms with E-state index in [1.807, 2.05) is 0 Å². The molecule has 2 aliphatic heterocycles. The highest BCUT2D eigenvalue weighted by molar-refractivity contribution is 6.34. The average molecular weight is 226 g/mol. The Balaban J connectivity index is 2.25. The molecule has 17 heavy (non-hydrogen) atoms. The van der Waals surface area contributed by atoms with Gasteiger partial charge in [0.1, 0.15) is 0 Å². The summed E-state index contributed by atoms with van der Waals surface area (Å²) in [5.74, 6) is 0.554. The second kappa shape index (κ2) is 3.31. The summed E-state index contributed by atoms with van der Waals surface area (Å²) in [5, 5.41) is 0. The molecule has 0 aliphatic carbocycles. The number of nitrogens with zero attached hydrogens (tertiary/aromatic N) is 2. The third-order valence-electron chi connectivity index (χ3n) is 4.16. The van der Waals surface area contributed by atoms with E-state index in [1.165, 1.54) is 33.9 Å². The highest BCUT2D eigenvalue weighted by atomic mass is 15.2. The van der Waals surface area contributed by atoms with Crippen LogP contribution in [0.3, 0.4) is 0 Å². The Hall–Kier alpha value is -1.38. The lowest BCUT2D eigenvalue weighted by Gasteiger charge is -2.32. The molecule has 0 fully saturated rings. The molecule has 0 amide bonds. The van der Waals surface area contributed by atoms with Gasteiger partial charge in [-0.3, -0.25) is 0 Å². The van der Waals surface area contributed by atoms with E-state index in [-0.39, 0.29) is 0 Å². The molecule has 3 heteroatoms. The summed E-state index contributed by atoms with van der Waals surface area (Å²) >= 11 is 0. The van der Waals surface area contributed by atoms with Crippen LogP contribution in [-0.2, 0) is 0 Å². The summed E-state index contributed by atoms with van der Waals surface area (Å²) < 4.78 is 2.43. The summed E-state index contributed by atoms with van der Waals surface area (Å²) in [7, 11) is 0.981. The predicted molar refractivity (Wildman–Crippen MR) is 73.8 cm³/mol. The summed E-state index contributed by atoms with van der Waals surface area (Å²) in [5.41, 5.74) is 8.54.